The van der Waals surface area contributed by atoms with E-state index in [9.17, 15) is 23.1 Å². The molecule has 9 nitrogen and oxygen atoms in total. The van der Waals surface area contributed by atoms with Crippen LogP contribution in [0.3, 0.4) is 0 Å². The van der Waals surface area contributed by atoms with E-state index in [0.717, 1.165) is 0 Å². The fourth-order valence-electron chi connectivity index (χ4n) is 3.66. The van der Waals surface area contributed by atoms with Crippen molar-refractivity contribution in [3.63, 3.8) is 0 Å². The van der Waals surface area contributed by atoms with Crippen LogP contribution in [0.15, 0.2) is 53.4 Å². The number of hydrogen-bond donors (Lipinski definition) is 4. The number of nitrogens with one attached hydrogen (secondary N) is 3. The van der Waals surface area contributed by atoms with E-state index in [0.29, 0.717) is 16.3 Å². The van der Waals surface area contributed by atoms with Crippen LogP contribution in [-0.4, -0.2) is 38.5 Å². The van der Waals surface area contributed by atoms with Gasteiger partial charge in [-0.05, 0) is 48.7 Å². The molecule has 0 saturated heterocycles. The molecule has 13 heteroatoms. The second kappa shape index (κ2) is 13.1. The predicted molar refractivity (Wildman–Crippen MR) is 157 cm³/mol. The van der Waals surface area contributed by atoms with E-state index in [1.807, 2.05) is 0 Å². The largest absolute Gasteiger partial charge is 0.506 e. The molecule has 0 aliphatic rings. The van der Waals surface area contributed by atoms with Crippen LogP contribution in [0.4, 0.5) is 11.4 Å². The van der Waals surface area contributed by atoms with Crippen LogP contribution < -0.4 is 20.1 Å². The van der Waals surface area contributed by atoms with Crippen molar-refractivity contribution in [1.82, 2.24) is 4.72 Å². The first-order valence-corrected chi connectivity index (χ1v) is 14.6. The van der Waals surface area contributed by atoms with Crippen molar-refractivity contribution in [1.29, 1.82) is 0 Å². The third kappa shape index (κ3) is 7.80. The maximum atomic E-state index is 12.9. The molecule has 1 atom stereocenters. The van der Waals surface area contributed by atoms with Crippen LogP contribution >= 0.6 is 34.8 Å². The van der Waals surface area contributed by atoms with Gasteiger partial charge in [0.15, 0.2) is 0 Å². The molecule has 0 fully saturated rings. The van der Waals surface area contributed by atoms with Gasteiger partial charge in [-0.15, -0.1) is 0 Å². The van der Waals surface area contributed by atoms with Gasteiger partial charge < -0.3 is 20.5 Å². The standard InChI is InChI=1S/C27H28Cl3N3O6S/c1-14(2)21(33-40(37,38)18-7-5-6-17(10-18)39-4)13-25(35)31-22-12-24(34)23(11-19(22)28)32-27(36)16-8-15(3)26(30)20(29)9-16/h5-12,14,21,33-34H,13H2,1-4H3,(H,31,35)(H,32,36). The van der Waals surface area contributed by atoms with Gasteiger partial charge in [-0.25, -0.2) is 13.1 Å². The summed E-state index contributed by atoms with van der Waals surface area (Å²) < 4.78 is 33.5. The Hall–Kier alpha value is -3.02. The summed E-state index contributed by atoms with van der Waals surface area (Å²) >= 11 is 18.4. The first kappa shape index (κ1) is 31.5. The number of aryl methyl sites for hydroxylation is 1. The van der Waals surface area contributed by atoms with E-state index in [1.165, 1.54) is 37.4 Å². The van der Waals surface area contributed by atoms with E-state index >= 15 is 0 Å². The number of anilines is 2. The fourth-order valence-corrected chi connectivity index (χ4v) is 5.67. The van der Waals surface area contributed by atoms with Crippen molar-refractivity contribution in [2.24, 2.45) is 5.92 Å². The molecule has 1 unspecified atom stereocenters. The van der Waals surface area contributed by atoms with E-state index in [1.54, 1.807) is 39.0 Å². The molecule has 0 aliphatic heterocycles. The molecule has 4 N–H and O–H groups in total. The van der Waals surface area contributed by atoms with Crippen LogP contribution in [-0.2, 0) is 14.8 Å². The Bertz CT molecular complexity index is 1520. The monoisotopic (exact) mass is 627 g/mol. The lowest BCUT2D eigenvalue weighted by atomic mass is 10.0. The number of ether oxygens (including phenoxy) is 1. The van der Waals surface area contributed by atoms with Crippen LogP contribution in [0.2, 0.25) is 15.1 Å². The molecule has 0 saturated carbocycles. The van der Waals surface area contributed by atoms with Gasteiger partial charge in [0.2, 0.25) is 15.9 Å². The van der Waals surface area contributed by atoms with Gasteiger partial charge in [0.25, 0.3) is 5.91 Å². The molecular weight excluding hydrogens is 601 g/mol. The minimum absolute atomic E-state index is 0.000423. The van der Waals surface area contributed by atoms with Gasteiger partial charge in [0, 0.05) is 30.2 Å². The van der Waals surface area contributed by atoms with Gasteiger partial charge in [-0.2, -0.15) is 0 Å². The quantitative estimate of drug-likeness (QED) is 0.196. The second-order valence-corrected chi connectivity index (χ2v) is 12.2. The smallest absolute Gasteiger partial charge is 0.255 e. The number of benzene rings is 3. The number of phenols is 1. The predicted octanol–water partition coefficient (Wildman–Crippen LogP) is 6.25. The number of rotatable bonds is 10. The summed E-state index contributed by atoms with van der Waals surface area (Å²) in [6, 6.07) is 10.6. The zero-order chi connectivity index (χ0) is 29.8. The molecule has 0 radical (unpaired) electrons. The molecule has 3 aromatic carbocycles. The van der Waals surface area contributed by atoms with Crippen LogP contribution in [0.25, 0.3) is 0 Å². The highest BCUT2D eigenvalue weighted by Crippen LogP contribution is 2.35. The van der Waals surface area contributed by atoms with Gasteiger partial charge >= 0.3 is 0 Å². The van der Waals surface area contributed by atoms with Crippen molar-refractivity contribution >= 4 is 68.0 Å². The summed E-state index contributed by atoms with van der Waals surface area (Å²) in [7, 11) is -2.52. The number of phenolic OH excluding ortho intramolecular Hbond substituents is 1. The molecule has 40 heavy (non-hydrogen) atoms. The highest BCUT2D eigenvalue weighted by atomic mass is 35.5. The average Bonchev–Trinajstić information content (AvgIpc) is 2.89. The third-order valence-corrected chi connectivity index (χ3v) is 8.64. The number of amides is 2. The summed E-state index contributed by atoms with van der Waals surface area (Å²) in [4.78, 5) is 25.5. The molecule has 0 spiro atoms. The van der Waals surface area contributed by atoms with Gasteiger partial charge in [0.1, 0.15) is 11.5 Å². The number of carbonyl (C=O) groups is 2. The van der Waals surface area contributed by atoms with E-state index in [2.05, 4.69) is 15.4 Å². The lowest BCUT2D eigenvalue weighted by Crippen LogP contribution is -2.41. The highest BCUT2D eigenvalue weighted by molar-refractivity contribution is 7.89. The average molecular weight is 629 g/mol. The first-order valence-electron chi connectivity index (χ1n) is 12.0. The van der Waals surface area contributed by atoms with Gasteiger partial charge in [-0.3, -0.25) is 9.59 Å². The van der Waals surface area contributed by atoms with Crippen molar-refractivity contribution < 1.29 is 27.9 Å². The molecule has 0 bridgehead atoms. The van der Waals surface area contributed by atoms with E-state index in [4.69, 9.17) is 39.5 Å². The number of hydrogen-bond acceptors (Lipinski definition) is 6. The number of sulfonamides is 1. The maximum Gasteiger partial charge on any atom is 0.255 e. The summed E-state index contributed by atoms with van der Waals surface area (Å²) in [5.41, 5.74) is 0.898. The Labute approximate surface area is 247 Å². The number of halogens is 3. The summed E-state index contributed by atoms with van der Waals surface area (Å²) in [5.74, 6) is -1.33. The SMILES string of the molecule is COc1cccc(S(=O)(=O)NC(CC(=O)Nc2cc(O)c(NC(=O)c3cc(C)c(Cl)c(Cl)c3)cc2Cl)C(C)C)c1. The maximum absolute atomic E-state index is 12.9. The van der Waals surface area contributed by atoms with Crippen molar-refractivity contribution in [2.75, 3.05) is 17.7 Å². The molecule has 3 rings (SSSR count). The Kier molecular flexibility index (Phi) is 10.3. The molecule has 3 aromatic rings. The fraction of sp³-hybridized carbons (Fsp3) is 0.259. The zero-order valence-corrected chi connectivity index (χ0v) is 25.1. The number of methoxy groups -OCH3 is 1. The third-order valence-electron chi connectivity index (χ3n) is 5.95. The molecule has 2 amide bonds. The molecule has 0 aromatic heterocycles. The summed E-state index contributed by atoms with van der Waals surface area (Å²) in [5, 5.41) is 16.2. The Morgan fingerprint density at radius 3 is 2.30 bits per heavy atom. The van der Waals surface area contributed by atoms with Crippen molar-refractivity contribution in [2.45, 2.75) is 38.1 Å². The van der Waals surface area contributed by atoms with Crippen molar-refractivity contribution in [3.8, 4) is 11.5 Å². The minimum atomic E-state index is -3.95. The molecule has 0 heterocycles. The Morgan fingerprint density at radius 1 is 0.975 bits per heavy atom. The van der Waals surface area contributed by atoms with Crippen molar-refractivity contribution in [3.05, 3.63) is 74.7 Å². The Balaban J connectivity index is 1.72. The molecular formula is C27H28Cl3N3O6S. The lowest BCUT2D eigenvalue weighted by molar-refractivity contribution is -0.116. The number of aromatic hydroxyl groups is 1. The van der Waals surface area contributed by atoms with Crippen LogP contribution in [0.5, 0.6) is 11.5 Å². The Morgan fingerprint density at radius 2 is 1.68 bits per heavy atom. The minimum Gasteiger partial charge on any atom is -0.506 e. The van der Waals surface area contributed by atoms with Gasteiger partial charge in [-0.1, -0.05) is 54.7 Å². The highest BCUT2D eigenvalue weighted by Gasteiger charge is 2.26. The normalized spacial score (nSPS) is 12.2. The zero-order valence-electron chi connectivity index (χ0n) is 22.0. The summed E-state index contributed by atoms with van der Waals surface area (Å²) in [6.07, 6.45) is -0.215. The first-order chi connectivity index (χ1) is 18.7. The van der Waals surface area contributed by atoms with E-state index in [-0.39, 0.29) is 50.0 Å². The molecule has 0 aliphatic carbocycles. The summed E-state index contributed by atoms with van der Waals surface area (Å²) in [6.45, 7) is 5.25. The van der Waals surface area contributed by atoms with E-state index < -0.39 is 27.9 Å². The topological polar surface area (TPSA) is 134 Å². The van der Waals surface area contributed by atoms with Crippen LogP contribution in [0.1, 0.15) is 36.2 Å². The lowest BCUT2D eigenvalue weighted by Gasteiger charge is -2.22. The number of carbonyl (C=O) groups excluding carboxylic acids is 2. The second-order valence-electron chi connectivity index (χ2n) is 9.30. The molecule has 214 valence electrons. The van der Waals surface area contributed by atoms with Crippen LogP contribution in [0, 0.1) is 12.8 Å². The van der Waals surface area contributed by atoms with Gasteiger partial charge in [0.05, 0.1) is 38.4 Å².